The Hall–Kier alpha value is -9.42. The number of fused-ring (bicyclic) bond motifs is 4. The molecule has 12 nitrogen and oxygen atoms in total. The average molecular weight is 969 g/mol. The topological polar surface area (TPSA) is 158 Å². The van der Waals surface area contributed by atoms with E-state index in [0.717, 1.165) is 0 Å². The van der Waals surface area contributed by atoms with E-state index in [9.17, 15) is 28.8 Å². The largest absolute Gasteiger partial charge is 0.419 e. The number of hydrogen-bond acceptors (Lipinski definition) is 12. The first-order chi connectivity index (χ1) is 35.7. The Bertz CT molecular complexity index is 3150. The van der Waals surface area contributed by atoms with Crippen LogP contribution in [0.2, 0.25) is 0 Å². The number of benzene rings is 8. The van der Waals surface area contributed by atoms with Crippen molar-refractivity contribution in [2.75, 3.05) is 0 Å². The summed E-state index contributed by atoms with van der Waals surface area (Å²) in [4.78, 5) is 85.8. The molecule has 8 aromatic rings. The van der Waals surface area contributed by atoms with Gasteiger partial charge in [-0.2, -0.15) is 0 Å². The lowest BCUT2D eigenvalue weighted by atomic mass is 9.59. The van der Waals surface area contributed by atoms with Crippen molar-refractivity contribution in [3.05, 3.63) is 250 Å². The first-order valence-corrected chi connectivity index (χ1v) is 23.7. The summed E-state index contributed by atoms with van der Waals surface area (Å²) in [6, 6.07) is 52.6. The fourth-order valence-electron chi connectivity index (χ4n) is 9.60. The van der Waals surface area contributed by atoms with Gasteiger partial charge in [0.2, 0.25) is 11.5 Å². The lowest BCUT2D eigenvalue weighted by molar-refractivity contribution is 0.0650. The third-order valence-corrected chi connectivity index (χ3v) is 12.9. The molecule has 0 N–H and O–H groups in total. The van der Waals surface area contributed by atoms with Crippen LogP contribution in [0.15, 0.2) is 194 Å². The third-order valence-electron chi connectivity index (χ3n) is 12.9. The van der Waals surface area contributed by atoms with Crippen LogP contribution in [0.25, 0.3) is 0 Å². The van der Waals surface area contributed by atoms with Gasteiger partial charge in [0.25, 0.3) is 0 Å². The molecule has 12 heteroatoms. The number of carbonyl (C=O) groups excluding carboxylic acids is 6. The number of aryl methyl sites for hydroxylation is 2. The number of esters is 6. The SMILES string of the molecule is O=C(Oc1cc2c(c(OC(=O)c3ccccc3)c1OC(=O)c1ccccc1)C1(CCC2)CCCc2cc(OC(=O)c3ccccc3)c(OC(=O)c3ccccc3)c(OC(=O)c3ccccc3)c21)c1ccccc1. The summed E-state index contributed by atoms with van der Waals surface area (Å²) in [6.45, 7) is 0. The second kappa shape index (κ2) is 20.9. The fourth-order valence-corrected chi connectivity index (χ4v) is 9.60. The molecule has 73 heavy (non-hydrogen) atoms. The lowest BCUT2D eigenvalue weighted by Crippen LogP contribution is -2.38. The standard InChI is InChI=1S/C61H44O12/c62-55(39-21-7-1-8-22-39)68-47-37-45-33-19-35-61(49(45)53(72-59(66)43-29-15-5-16-30-43)51(47)70-57(64)41-25-11-3-12-26-41)36-20-34-46-38-48(69-56(63)40-23-9-2-10-24-40)52(71-58(65)42-27-13-4-14-28-42)54(50(46)61)73-60(67)44-31-17-6-18-32-44/h1-18,21-32,37-38H,19-20,33-36H2. The van der Waals surface area contributed by atoms with Crippen LogP contribution in [0, 0.1) is 0 Å². The molecule has 0 fully saturated rings. The predicted octanol–water partition coefficient (Wildman–Crippen LogP) is 12.0. The van der Waals surface area contributed by atoms with Gasteiger partial charge in [0.1, 0.15) is 0 Å². The predicted molar refractivity (Wildman–Crippen MR) is 268 cm³/mol. The molecular weight excluding hydrogens is 925 g/mol. The van der Waals surface area contributed by atoms with Crippen LogP contribution in [-0.2, 0) is 18.3 Å². The molecule has 0 radical (unpaired) electrons. The maximum Gasteiger partial charge on any atom is 0.343 e. The smallest absolute Gasteiger partial charge is 0.343 e. The van der Waals surface area contributed by atoms with Gasteiger partial charge >= 0.3 is 35.8 Å². The Labute approximate surface area is 419 Å². The van der Waals surface area contributed by atoms with Crippen molar-refractivity contribution in [2.24, 2.45) is 0 Å². The molecule has 0 aromatic heterocycles. The van der Waals surface area contributed by atoms with Gasteiger partial charge in [-0.3, -0.25) is 0 Å². The monoisotopic (exact) mass is 968 g/mol. The van der Waals surface area contributed by atoms with Crippen molar-refractivity contribution in [3.63, 3.8) is 0 Å². The summed E-state index contributed by atoms with van der Waals surface area (Å²) in [5.74, 6) is -6.44. The van der Waals surface area contributed by atoms with Gasteiger partial charge in [0, 0.05) is 16.5 Å². The Balaban J connectivity index is 1.25. The lowest BCUT2D eigenvalue weighted by Gasteiger charge is -2.45. The minimum atomic E-state index is -1.29. The van der Waals surface area contributed by atoms with E-state index in [0.29, 0.717) is 60.8 Å². The first-order valence-electron chi connectivity index (χ1n) is 23.7. The number of hydrogen-bond donors (Lipinski definition) is 0. The molecule has 10 rings (SSSR count). The van der Waals surface area contributed by atoms with E-state index in [2.05, 4.69) is 0 Å². The first kappa shape index (κ1) is 47.3. The minimum Gasteiger partial charge on any atom is -0.419 e. The van der Waals surface area contributed by atoms with E-state index in [1.54, 1.807) is 194 Å². The molecule has 0 saturated heterocycles. The highest BCUT2D eigenvalue weighted by atomic mass is 16.6. The Kier molecular flexibility index (Phi) is 13.5. The number of ether oxygens (including phenoxy) is 6. The molecule has 1 spiro atoms. The zero-order valence-corrected chi connectivity index (χ0v) is 39.1. The highest BCUT2D eigenvalue weighted by Gasteiger charge is 2.50. The highest BCUT2D eigenvalue weighted by molar-refractivity contribution is 5.98. The molecule has 0 amide bonds. The second-order valence-corrected chi connectivity index (χ2v) is 17.5. The molecule has 0 saturated carbocycles. The van der Waals surface area contributed by atoms with Crippen LogP contribution in [0.1, 0.15) is 110 Å². The van der Waals surface area contributed by atoms with Crippen molar-refractivity contribution in [2.45, 2.75) is 43.9 Å². The van der Waals surface area contributed by atoms with E-state index >= 15 is 0 Å². The van der Waals surface area contributed by atoms with E-state index in [4.69, 9.17) is 28.4 Å². The van der Waals surface area contributed by atoms with E-state index < -0.39 is 41.2 Å². The molecule has 0 atom stereocenters. The zero-order valence-electron chi connectivity index (χ0n) is 39.1. The molecule has 0 heterocycles. The molecule has 2 aliphatic carbocycles. The van der Waals surface area contributed by atoms with Crippen LogP contribution in [0.3, 0.4) is 0 Å². The van der Waals surface area contributed by atoms with Gasteiger partial charge in [-0.05, 0) is 135 Å². The van der Waals surface area contributed by atoms with Crippen molar-refractivity contribution >= 4 is 35.8 Å². The van der Waals surface area contributed by atoms with Crippen molar-refractivity contribution < 1.29 is 57.2 Å². The normalized spacial score (nSPS) is 13.0. The van der Waals surface area contributed by atoms with Gasteiger partial charge in [-0.1, -0.05) is 109 Å². The van der Waals surface area contributed by atoms with E-state index in [1.165, 1.54) is 0 Å². The summed E-state index contributed by atoms with van der Waals surface area (Å²) in [5, 5.41) is 0. The second-order valence-electron chi connectivity index (χ2n) is 17.5. The van der Waals surface area contributed by atoms with E-state index in [1.807, 2.05) is 0 Å². The molecule has 0 aliphatic heterocycles. The molecular formula is C61H44O12. The summed E-state index contributed by atoms with van der Waals surface area (Å²) < 4.78 is 38.0. The van der Waals surface area contributed by atoms with Crippen LogP contribution >= 0.6 is 0 Å². The van der Waals surface area contributed by atoms with Gasteiger partial charge in [-0.15, -0.1) is 0 Å². The Morgan fingerprint density at radius 1 is 0.301 bits per heavy atom. The van der Waals surface area contributed by atoms with Gasteiger partial charge in [0.15, 0.2) is 23.0 Å². The summed E-state index contributed by atoms with van der Waals surface area (Å²) >= 11 is 0. The minimum absolute atomic E-state index is 0.149. The maximum absolute atomic E-state index is 14.6. The third kappa shape index (κ3) is 9.87. The Morgan fingerprint density at radius 3 is 0.795 bits per heavy atom. The van der Waals surface area contributed by atoms with Crippen molar-refractivity contribution in [3.8, 4) is 34.5 Å². The van der Waals surface area contributed by atoms with Gasteiger partial charge < -0.3 is 28.4 Å². The summed E-state index contributed by atoms with van der Waals surface area (Å²) in [6.07, 6.45) is 2.42. The van der Waals surface area contributed by atoms with Crippen molar-refractivity contribution in [1.82, 2.24) is 0 Å². The quantitative estimate of drug-likeness (QED) is 0.0844. The summed E-state index contributed by atoms with van der Waals surface area (Å²) in [7, 11) is 0. The van der Waals surface area contributed by atoms with Crippen LogP contribution in [0.4, 0.5) is 0 Å². The molecule has 360 valence electrons. The van der Waals surface area contributed by atoms with Gasteiger partial charge in [-0.25, -0.2) is 28.8 Å². The zero-order chi connectivity index (χ0) is 50.3. The summed E-state index contributed by atoms with van der Waals surface area (Å²) in [5.41, 5.74) is 1.62. The molecule has 0 bridgehead atoms. The fraction of sp³-hybridized carbons (Fsp3) is 0.115. The maximum atomic E-state index is 14.6. The van der Waals surface area contributed by atoms with Crippen LogP contribution in [0.5, 0.6) is 34.5 Å². The van der Waals surface area contributed by atoms with Crippen LogP contribution in [-0.4, -0.2) is 35.8 Å². The van der Waals surface area contributed by atoms with Gasteiger partial charge in [0.05, 0.1) is 33.4 Å². The Morgan fingerprint density at radius 2 is 0.534 bits per heavy atom. The molecule has 0 unspecified atom stereocenters. The van der Waals surface area contributed by atoms with Crippen LogP contribution < -0.4 is 28.4 Å². The molecule has 8 aromatic carbocycles. The van der Waals surface area contributed by atoms with E-state index in [-0.39, 0.29) is 67.9 Å². The highest BCUT2D eigenvalue weighted by Crippen LogP contribution is 2.61. The number of rotatable bonds is 12. The average Bonchev–Trinajstić information content (AvgIpc) is 3.43. The number of carbonyl (C=O) groups is 6. The molecule has 2 aliphatic rings. The van der Waals surface area contributed by atoms with Crippen molar-refractivity contribution in [1.29, 1.82) is 0 Å².